The fourth-order valence-corrected chi connectivity index (χ4v) is 6.40. The van der Waals surface area contributed by atoms with Gasteiger partial charge in [-0.1, -0.05) is 187 Å². The Kier molecular flexibility index (Phi) is 35.6. The van der Waals surface area contributed by atoms with Gasteiger partial charge in [0.2, 0.25) is 5.91 Å². The van der Waals surface area contributed by atoms with Crippen molar-refractivity contribution >= 4 is 5.91 Å². The highest BCUT2D eigenvalue weighted by Crippen LogP contribution is 2.16. The van der Waals surface area contributed by atoms with E-state index in [4.69, 9.17) is 0 Å². The zero-order valence-corrected chi connectivity index (χ0v) is 31.3. The molecule has 5 N–H and O–H groups in total. The summed E-state index contributed by atoms with van der Waals surface area (Å²) in [7, 11) is 0. The summed E-state index contributed by atoms with van der Waals surface area (Å²) in [5.74, 6) is -0.591. The molecule has 0 heterocycles. The molecule has 4 atom stereocenters. The summed E-state index contributed by atoms with van der Waals surface area (Å²) < 4.78 is 0. The highest BCUT2D eigenvalue weighted by Gasteiger charge is 2.28. The topological polar surface area (TPSA) is 110 Å². The van der Waals surface area contributed by atoms with Crippen LogP contribution in [0, 0.1) is 0 Å². The monoisotopic (exact) mass is 668 g/mol. The number of unbranched alkanes of at least 4 members (excludes halogenated alkanes) is 26. The fourth-order valence-electron chi connectivity index (χ4n) is 6.40. The first-order chi connectivity index (χ1) is 23.0. The molecular formula is C41H81NO5. The zero-order chi connectivity index (χ0) is 34.6. The Labute approximate surface area is 292 Å². The molecule has 4 unspecified atom stereocenters. The van der Waals surface area contributed by atoms with E-state index in [2.05, 4.69) is 31.3 Å². The summed E-state index contributed by atoms with van der Waals surface area (Å²) in [5, 5.41) is 42.9. The summed E-state index contributed by atoms with van der Waals surface area (Å²) >= 11 is 0. The quantitative estimate of drug-likeness (QED) is 0.0335. The minimum Gasteiger partial charge on any atom is -0.394 e. The van der Waals surface area contributed by atoms with Crippen molar-refractivity contribution in [2.24, 2.45) is 0 Å². The average molecular weight is 668 g/mol. The molecule has 0 aliphatic heterocycles. The molecular weight excluding hydrogens is 586 g/mol. The third-order valence-electron chi connectivity index (χ3n) is 9.73. The lowest BCUT2D eigenvalue weighted by Crippen LogP contribution is -2.53. The Morgan fingerprint density at radius 1 is 0.511 bits per heavy atom. The lowest BCUT2D eigenvalue weighted by atomic mass is 9.99. The third kappa shape index (κ3) is 30.8. The van der Waals surface area contributed by atoms with Crippen LogP contribution in [0.1, 0.15) is 213 Å². The maximum Gasteiger partial charge on any atom is 0.249 e. The lowest BCUT2D eigenvalue weighted by Gasteiger charge is -2.27. The first kappa shape index (κ1) is 46.0. The lowest BCUT2D eigenvalue weighted by molar-refractivity contribution is -0.132. The van der Waals surface area contributed by atoms with Gasteiger partial charge in [0.25, 0.3) is 0 Å². The molecule has 0 aliphatic rings. The summed E-state index contributed by atoms with van der Waals surface area (Å²) in [5.41, 5.74) is 0. The van der Waals surface area contributed by atoms with Crippen LogP contribution in [-0.2, 0) is 4.79 Å². The Bertz CT molecular complexity index is 672. The molecule has 0 saturated heterocycles. The minimum atomic E-state index is -1.25. The first-order valence-electron chi connectivity index (χ1n) is 20.6. The van der Waals surface area contributed by atoms with Crippen LogP contribution >= 0.6 is 0 Å². The molecule has 0 bridgehead atoms. The first-order valence-corrected chi connectivity index (χ1v) is 20.6. The van der Waals surface area contributed by atoms with Gasteiger partial charge in [0.15, 0.2) is 0 Å². The third-order valence-corrected chi connectivity index (χ3v) is 9.73. The predicted molar refractivity (Wildman–Crippen MR) is 201 cm³/mol. The summed E-state index contributed by atoms with van der Waals surface area (Å²) in [6.07, 6.45) is 38.9. The molecule has 0 radical (unpaired) electrons. The van der Waals surface area contributed by atoms with Crippen LogP contribution in [-0.4, -0.2) is 57.3 Å². The molecule has 0 aromatic carbocycles. The molecule has 280 valence electrons. The number of hydrogen-bond donors (Lipinski definition) is 5. The van der Waals surface area contributed by atoms with Crippen molar-refractivity contribution in [3.8, 4) is 0 Å². The van der Waals surface area contributed by atoms with Crippen molar-refractivity contribution in [1.82, 2.24) is 5.32 Å². The minimum absolute atomic E-state index is 0.369. The van der Waals surface area contributed by atoms with Gasteiger partial charge >= 0.3 is 0 Å². The van der Waals surface area contributed by atoms with Gasteiger partial charge in [0.05, 0.1) is 18.8 Å². The van der Waals surface area contributed by atoms with Gasteiger partial charge in [-0.15, -0.1) is 0 Å². The molecule has 0 fully saturated rings. The zero-order valence-electron chi connectivity index (χ0n) is 31.3. The Hall–Kier alpha value is -0.950. The molecule has 0 aromatic heterocycles. The van der Waals surface area contributed by atoms with Crippen molar-refractivity contribution in [2.45, 2.75) is 237 Å². The average Bonchev–Trinajstić information content (AvgIpc) is 3.08. The van der Waals surface area contributed by atoms with Gasteiger partial charge in [0.1, 0.15) is 12.2 Å². The molecule has 0 aliphatic carbocycles. The second-order valence-corrected chi connectivity index (χ2v) is 14.3. The highest BCUT2D eigenvalue weighted by atomic mass is 16.3. The maximum atomic E-state index is 12.3. The largest absolute Gasteiger partial charge is 0.394 e. The molecule has 6 heteroatoms. The van der Waals surface area contributed by atoms with Crippen LogP contribution in [0.15, 0.2) is 12.2 Å². The van der Waals surface area contributed by atoms with Gasteiger partial charge in [-0.3, -0.25) is 4.79 Å². The van der Waals surface area contributed by atoms with Crippen molar-refractivity contribution in [3.63, 3.8) is 0 Å². The summed E-state index contributed by atoms with van der Waals surface area (Å²) in [6.45, 7) is 3.91. The normalized spacial score (nSPS) is 14.4. The Morgan fingerprint density at radius 2 is 0.851 bits per heavy atom. The number of rotatable bonds is 37. The maximum absolute atomic E-state index is 12.3. The van der Waals surface area contributed by atoms with Crippen LogP contribution in [0.4, 0.5) is 0 Å². The van der Waals surface area contributed by atoms with Crippen LogP contribution in [0.5, 0.6) is 0 Å². The Morgan fingerprint density at radius 3 is 1.26 bits per heavy atom. The number of nitrogens with one attached hydrogen (secondary N) is 1. The number of aliphatic hydroxyl groups is 4. The number of allylic oxidation sites excluding steroid dienone is 2. The Balaban J connectivity index is 3.52. The SMILES string of the molecule is CCCCCCCCCCCCCC/C=C\CCCCCCCCCCCCCC(O)C(=O)NC(CO)C(O)C(O)CCCCCC. The van der Waals surface area contributed by atoms with Crippen LogP contribution in [0.3, 0.4) is 0 Å². The van der Waals surface area contributed by atoms with E-state index in [0.717, 1.165) is 44.9 Å². The second kappa shape index (κ2) is 36.3. The van der Waals surface area contributed by atoms with E-state index in [1.807, 2.05) is 0 Å². The molecule has 1 amide bonds. The van der Waals surface area contributed by atoms with Gasteiger partial charge in [-0.05, 0) is 38.5 Å². The van der Waals surface area contributed by atoms with Crippen LogP contribution in [0.2, 0.25) is 0 Å². The van der Waals surface area contributed by atoms with Gasteiger partial charge in [-0.25, -0.2) is 0 Å². The summed E-state index contributed by atoms with van der Waals surface area (Å²) in [6, 6.07) is -0.978. The molecule has 47 heavy (non-hydrogen) atoms. The van der Waals surface area contributed by atoms with Gasteiger partial charge < -0.3 is 25.7 Å². The van der Waals surface area contributed by atoms with Crippen molar-refractivity contribution < 1.29 is 25.2 Å². The number of aliphatic hydroxyl groups excluding tert-OH is 4. The van der Waals surface area contributed by atoms with E-state index in [-0.39, 0.29) is 0 Å². The standard InChI is InChI=1S/C41H81NO5/c1-3-5-7-9-10-11-12-13-14-15-16-17-18-19-20-21-22-23-24-25-26-27-28-29-30-31-33-35-39(45)41(47)42-37(36-43)40(46)38(44)34-32-8-6-4-2/h19-20,37-40,43-46H,3-18,21-36H2,1-2H3,(H,42,47)/b20-19-. The van der Waals surface area contributed by atoms with Crippen LogP contribution in [0.25, 0.3) is 0 Å². The van der Waals surface area contributed by atoms with E-state index >= 15 is 0 Å². The van der Waals surface area contributed by atoms with E-state index in [1.54, 1.807) is 0 Å². The molecule has 6 nitrogen and oxygen atoms in total. The fraction of sp³-hybridized carbons (Fsp3) is 0.927. The van der Waals surface area contributed by atoms with Crippen LogP contribution < -0.4 is 5.32 Å². The highest BCUT2D eigenvalue weighted by molar-refractivity contribution is 5.80. The van der Waals surface area contributed by atoms with Gasteiger partial charge in [-0.2, -0.15) is 0 Å². The van der Waals surface area contributed by atoms with E-state index in [1.165, 1.54) is 141 Å². The summed E-state index contributed by atoms with van der Waals surface area (Å²) in [4.78, 5) is 12.3. The number of amides is 1. The number of carbonyl (C=O) groups is 1. The van der Waals surface area contributed by atoms with Crippen molar-refractivity contribution in [1.29, 1.82) is 0 Å². The smallest absolute Gasteiger partial charge is 0.249 e. The number of carbonyl (C=O) groups excluding carboxylic acids is 1. The molecule has 0 saturated carbocycles. The van der Waals surface area contributed by atoms with Gasteiger partial charge in [0, 0.05) is 0 Å². The molecule has 0 rings (SSSR count). The van der Waals surface area contributed by atoms with E-state index in [9.17, 15) is 25.2 Å². The number of hydrogen-bond acceptors (Lipinski definition) is 5. The van der Waals surface area contributed by atoms with E-state index in [0.29, 0.717) is 12.8 Å². The molecule has 0 aromatic rings. The second-order valence-electron chi connectivity index (χ2n) is 14.3. The van der Waals surface area contributed by atoms with E-state index < -0.39 is 36.9 Å². The van der Waals surface area contributed by atoms with Crippen molar-refractivity contribution in [3.05, 3.63) is 12.2 Å². The predicted octanol–water partition coefficient (Wildman–Crippen LogP) is 10.2. The molecule has 0 spiro atoms. The van der Waals surface area contributed by atoms with Crippen molar-refractivity contribution in [2.75, 3.05) is 6.61 Å².